The van der Waals surface area contributed by atoms with Gasteiger partial charge >= 0.3 is 0 Å². The summed E-state index contributed by atoms with van der Waals surface area (Å²) in [5.74, 6) is -0.234. The molecule has 0 radical (unpaired) electrons. The summed E-state index contributed by atoms with van der Waals surface area (Å²) in [4.78, 5) is 10.7. The Hall–Kier alpha value is -1.75. The van der Waals surface area contributed by atoms with Crippen molar-refractivity contribution in [2.75, 3.05) is 14.2 Å². The molecule has 0 amide bonds. The first-order valence-electron chi connectivity index (χ1n) is 4.36. The van der Waals surface area contributed by atoms with E-state index >= 15 is 0 Å². The highest BCUT2D eigenvalue weighted by molar-refractivity contribution is 5.73. The standard InChI is InChI=1S/C10H13NO4/c1-14-6-3-4-8(15-2)7(5-6)9(11)10(12)13/h3-5,9H,11H2,1-2H3,(H,12,13)/t9-/m1/s1. The largest absolute Gasteiger partial charge is 0.544 e. The van der Waals surface area contributed by atoms with Crippen molar-refractivity contribution in [3.63, 3.8) is 0 Å². The molecule has 0 saturated carbocycles. The number of hydrogen-bond acceptors (Lipinski definition) is 4. The Kier molecular flexibility index (Phi) is 3.51. The number of carbonyl (C=O) groups is 1. The molecule has 0 aliphatic carbocycles. The minimum Gasteiger partial charge on any atom is -0.544 e. The second-order valence-corrected chi connectivity index (χ2v) is 2.98. The van der Waals surface area contributed by atoms with E-state index in [9.17, 15) is 9.90 Å². The van der Waals surface area contributed by atoms with Gasteiger partial charge in [-0.05, 0) is 18.2 Å². The van der Waals surface area contributed by atoms with E-state index in [-0.39, 0.29) is 0 Å². The maximum Gasteiger partial charge on any atom is 0.154 e. The maximum atomic E-state index is 10.7. The van der Waals surface area contributed by atoms with Gasteiger partial charge in [-0.3, -0.25) is 0 Å². The van der Waals surface area contributed by atoms with Gasteiger partial charge in [0.25, 0.3) is 0 Å². The van der Waals surface area contributed by atoms with Gasteiger partial charge in [0.2, 0.25) is 0 Å². The second kappa shape index (κ2) is 4.65. The SMILES string of the molecule is COc1ccc(OC)c([C@@H]([NH3+])C(=O)[O-])c1. The van der Waals surface area contributed by atoms with Gasteiger partial charge in [0.15, 0.2) is 6.04 Å². The van der Waals surface area contributed by atoms with Crippen molar-refractivity contribution in [3.05, 3.63) is 23.8 Å². The first-order valence-corrected chi connectivity index (χ1v) is 4.36. The van der Waals surface area contributed by atoms with E-state index in [1.807, 2.05) is 0 Å². The molecule has 5 heteroatoms. The van der Waals surface area contributed by atoms with Crippen LogP contribution in [0.4, 0.5) is 0 Å². The fourth-order valence-electron chi connectivity index (χ4n) is 1.24. The number of benzene rings is 1. The first-order chi connectivity index (χ1) is 7.10. The Labute approximate surface area is 87.4 Å². The van der Waals surface area contributed by atoms with Gasteiger partial charge < -0.3 is 25.1 Å². The highest BCUT2D eigenvalue weighted by Crippen LogP contribution is 2.27. The molecule has 0 saturated heterocycles. The fourth-order valence-corrected chi connectivity index (χ4v) is 1.24. The molecule has 0 unspecified atom stereocenters. The van der Waals surface area contributed by atoms with Crippen molar-refractivity contribution in [1.29, 1.82) is 0 Å². The highest BCUT2D eigenvalue weighted by atomic mass is 16.5. The molecule has 3 N–H and O–H groups in total. The van der Waals surface area contributed by atoms with Crippen molar-refractivity contribution < 1.29 is 25.1 Å². The molecule has 0 aromatic heterocycles. The van der Waals surface area contributed by atoms with Crippen molar-refractivity contribution >= 4 is 5.97 Å². The lowest BCUT2D eigenvalue weighted by atomic mass is 10.1. The number of carbonyl (C=O) groups excluding carboxylic acids is 1. The molecule has 5 nitrogen and oxygen atoms in total. The van der Waals surface area contributed by atoms with Crippen LogP contribution in [0.3, 0.4) is 0 Å². The maximum absolute atomic E-state index is 10.7. The molecule has 1 aromatic carbocycles. The smallest absolute Gasteiger partial charge is 0.154 e. The number of ether oxygens (including phenoxy) is 2. The quantitative estimate of drug-likeness (QED) is 0.673. The van der Waals surface area contributed by atoms with Crippen molar-refractivity contribution in [1.82, 2.24) is 0 Å². The zero-order valence-electron chi connectivity index (χ0n) is 8.65. The Morgan fingerprint density at radius 2 is 2.07 bits per heavy atom. The molecule has 0 aliphatic rings. The van der Waals surface area contributed by atoms with Crippen molar-refractivity contribution in [3.8, 4) is 11.5 Å². The van der Waals surface area contributed by atoms with E-state index in [4.69, 9.17) is 9.47 Å². The topological polar surface area (TPSA) is 86.2 Å². The van der Waals surface area contributed by atoms with E-state index in [0.29, 0.717) is 17.1 Å². The summed E-state index contributed by atoms with van der Waals surface area (Å²) < 4.78 is 10.0. The number of aliphatic carboxylic acids is 1. The molecule has 0 bridgehead atoms. The molecular formula is C10H13NO4. The lowest BCUT2D eigenvalue weighted by molar-refractivity contribution is -0.443. The molecule has 0 fully saturated rings. The molecular weight excluding hydrogens is 198 g/mol. The van der Waals surface area contributed by atoms with Crippen LogP contribution in [0.15, 0.2) is 18.2 Å². The monoisotopic (exact) mass is 211 g/mol. The summed E-state index contributed by atoms with van der Waals surface area (Å²) in [6.45, 7) is 0. The molecule has 1 rings (SSSR count). The molecule has 0 aliphatic heterocycles. The van der Waals surface area contributed by atoms with Crippen LogP contribution in [0.2, 0.25) is 0 Å². The number of quaternary nitrogens is 1. The Balaban J connectivity index is 3.16. The van der Waals surface area contributed by atoms with Gasteiger partial charge in [-0.1, -0.05) is 0 Å². The van der Waals surface area contributed by atoms with E-state index in [1.165, 1.54) is 14.2 Å². The Morgan fingerprint density at radius 1 is 1.40 bits per heavy atom. The van der Waals surface area contributed by atoms with E-state index < -0.39 is 12.0 Å². The van der Waals surface area contributed by atoms with Crippen LogP contribution in [0, 0.1) is 0 Å². The molecule has 0 heterocycles. The molecule has 15 heavy (non-hydrogen) atoms. The van der Waals surface area contributed by atoms with Gasteiger partial charge in [-0.2, -0.15) is 0 Å². The number of rotatable bonds is 4. The van der Waals surface area contributed by atoms with E-state index in [2.05, 4.69) is 5.73 Å². The summed E-state index contributed by atoms with van der Waals surface area (Å²) in [5.41, 5.74) is 3.94. The Bertz CT molecular complexity index is 364. The van der Waals surface area contributed by atoms with Crippen LogP contribution < -0.4 is 20.3 Å². The van der Waals surface area contributed by atoms with Crippen LogP contribution in [0.5, 0.6) is 11.5 Å². The van der Waals surface area contributed by atoms with Gasteiger partial charge in [0, 0.05) is 0 Å². The van der Waals surface area contributed by atoms with Crippen LogP contribution in [0.1, 0.15) is 11.6 Å². The summed E-state index contributed by atoms with van der Waals surface area (Å²) in [6.07, 6.45) is 0. The lowest BCUT2D eigenvalue weighted by Gasteiger charge is -2.14. The minimum absolute atomic E-state index is 0.442. The van der Waals surface area contributed by atoms with E-state index in [1.54, 1.807) is 18.2 Å². The van der Waals surface area contributed by atoms with Crippen LogP contribution in [0.25, 0.3) is 0 Å². The van der Waals surface area contributed by atoms with Crippen LogP contribution in [-0.2, 0) is 4.79 Å². The second-order valence-electron chi connectivity index (χ2n) is 2.98. The average Bonchev–Trinajstić information content (AvgIpc) is 2.27. The van der Waals surface area contributed by atoms with Gasteiger partial charge in [0.1, 0.15) is 17.5 Å². The summed E-state index contributed by atoms with van der Waals surface area (Å²) in [5, 5.41) is 10.7. The first kappa shape index (κ1) is 11.3. The van der Waals surface area contributed by atoms with Gasteiger partial charge in [-0.15, -0.1) is 0 Å². The fraction of sp³-hybridized carbons (Fsp3) is 0.300. The number of carboxylic acids is 1. The third-order valence-corrected chi connectivity index (χ3v) is 2.10. The number of hydrogen-bond donors (Lipinski definition) is 1. The predicted octanol–water partition coefficient (Wildman–Crippen LogP) is -1.26. The molecule has 1 aromatic rings. The van der Waals surface area contributed by atoms with Crippen LogP contribution >= 0.6 is 0 Å². The molecule has 82 valence electrons. The third-order valence-electron chi connectivity index (χ3n) is 2.10. The summed E-state index contributed by atoms with van der Waals surface area (Å²) in [6, 6.07) is 3.92. The number of carboxylic acid groups (broad SMARTS) is 1. The highest BCUT2D eigenvalue weighted by Gasteiger charge is 2.17. The summed E-state index contributed by atoms with van der Waals surface area (Å²) >= 11 is 0. The Morgan fingerprint density at radius 3 is 2.53 bits per heavy atom. The predicted molar refractivity (Wildman–Crippen MR) is 50.2 cm³/mol. The molecule has 1 atom stereocenters. The zero-order chi connectivity index (χ0) is 11.4. The lowest BCUT2D eigenvalue weighted by Crippen LogP contribution is -2.61. The minimum atomic E-state index is -1.25. The van der Waals surface area contributed by atoms with E-state index in [0.717, 1.165) is 0 Å². The third kappa shape index (κ3) is 2.38. The average molecular weight is 211 g/mol. The normalized spacial score (nSPS) is 11.9. The van der Waals surface area contributed by atoms with Crippen molar-refractivity contribution in [2.45, 2.75) is 6.04 Å². The van der Waals surface area contributed by atoms with Crippen molar-refractivity contribution in [2.24, 2.45) is 0 Å². The van der Waals surface area contributed by atoms with Crippen LogP contribution in [-0.4, -0.2) is 20.2 Å². The zero-order valence-corrected chi connectivity index (χ0v) is 8.65. The number of methoxy groups -OCH3 is 2. The van der Waals surface area contributed by atoms with Gasteiger partial charge in [-0.25, -0.2) is 0 Å². The molecule has 0 spiro atoms. The summed E-state index contributed by atoms with van der Waals surface area (Å²) in [7, 11) is 2.97. The van der Waals surface area contributed by atoms with Gasteiger partial charge in [0.05, 0.1) is 19.8 Å².